The van der Waals surface area contributed by atoms with Gasteiger partial charge in [-0.15, -0.1) is 0 Å². The van der Waals surface area contributed by atoms with Gasteiger partial charge in [0, 0.05) is 11.6 Å². The Balaban J connectivity index is 1.87. The molecule has 0 aliphatic heterocycles. The molecule has 114 valence electrons. The monoisotopic (exact) mass is 293 g/mol. The number of hydrogen-bond acceptors (Lipinski definition) is 5. The number of carbonyl (C=O) groups is 1. The fourth-order valence-corrected chi connectivity index (χ4v) is 2.31. The van der Waals surface area contributed by atoms with Gasteiger partial charge in [0.2, 0.25) is 5.75 Å². The van der Waals surface area contributed by atoms with E-state index in [0.29, 0.717) is 0 Å². The summed E-state index contributed by atoms with van der Waals surface area (Å²) >= 11 is 0. The van der Waals surface area contributed by atoms with E-state index in [2.05, 4.69) is 15.8 Å². The molecule has 7 nitrogen and oxygen atoms in total. The minimum absolute atomic E-state index is 0.181. The molecule has 21 heavy (non-hydrogen) atoms. The lowest BCUT2D eigenvalue weighted by atomic mass is 9.96. The SMILES string of the molecule is O=C(NN=Cc1ccc(O)c(O)c1O)NC1CCCCC1. The van der Waals surface area contributed by atoms with Gasteiger partial charge in [0.05, 0.1) is 6.21 Å². The highest BCUT2D eigenvalue weighted by Gasteiger charge is 2.15. The molecule has 0 unspecified atom stereocenters. The van der Waals surface area contributed by atoms with Crippen LogP contribution in [-0.4, -0.2) is 33.6 Å². The van der Waals surface area contributed by atoms with E-state index < -0.39 is 23.3 Å². The van der Waals surface area contributed by atoms with Crippen LogP contribution in [0.2, 0.25) is 0 Å². The third kappa shape index (κ3) is 4.01. The van der Waals surface area contributed by atoms with Crippen LogP contribution < -0.4 is 10.7 Å². The van der Waals surface area contributed by atoms with Gasteiger partial charge in [-0.25, -0.2) is 10.2 Å². The zero-order valence-corrected chi connectivity index (χ0v) is 11.5. The topological polar surface area (TPSA) is 114 Å². The summed E-state index contributed by atoms with van der Waals surface area (Å²) in [4.78, 5) is 11.6. The zero-order valence-electron chi connectivity index (χ0n) is 11.5. The van der Waals surface area contributed by atoms with Crippen LogP contribution in [0.1, 0.15) is 37.7 Å². The quantitative estimate of drug-likeness (QED) is 0.332. The van der Waals surface area contributed by atoms with Crippen LogP contribution in [0.3, 0.4) is 0 Å². The van der Waals surface area contributed by atoms with E-state index in [9.17, 15) is 20.1 Å². The van der Waals surface area contributed by atoms with Gasteiger partial charge in [-0.05, 0) is 25.0 Å². The standard InChI is InChI=1S/C14H19N3O4/c18-11-7-6-9(12(19)13(11)20)8-15-17-14(21)16-10-4-2-1-3-5-10/h6-8,10,18-20H,1-5H2,(H2,16,17,21). The van der Waals surface area contributed by atoms with Gasteiger partial charge in [0.25, 0.3) is 0 Å². The van der Waals surface area contributed by atoms with Crippen LogP contribution >= 0.6 is 0 Å². The highest BCUT2D eigenvalue weighted by atomic mass is 16.3. The number of amides is 2. The minimum Gasteiger partial charge on any atom is -0.504 e. The Labute approximate surface area is 122 Å². The lowest BCUT2D eigenvalue weighted by Gasteiger charge is -2.22. The highest BCUT2D eigenvalue weighted by Crippen LogP contribution is 2.36. The summed E-state index contributed by atoms with van der Waals surface area (Å²) in [6, 6.07) is 2.37. The third-order valence-corrected chi connectivity index (χ3v) is 3.47. The molecule has 1 aliphatic rings. The number of phenols is 3. The molecule has 2 rings (SSSR count). The van der Waals surface area contributed by atoms with E-state index in [1.807, 2.05) is 0 Å². The lowest BCUT2D eigenvalue weighted by molar-refractivity contribution is 0.233. The van der Waals surface area contributed by atoms with Crippen LogP contribution in [0.25, 0.3) is 0 Å². The van der Waals surface area contributed by atoms with Gasteiger partial charge >= 0.3 is 6.03 Å². The van der Waals surface area contributed by atoms with Crippen molar-refractivity contribution in [3.8, 4) is 17.2 Å². The molecule has 1 aromatic rings. The van der Waals surface area contributed by atoms with E-state index in [1.54, 1.807) is 0 Å². The van der Waals surface area contributed by atoms with E-state index in [1.165, 1.54) is 24.8 Å². The summed E-state index contributed by atoms with van der Waals surface area (Å²) in [7, 11) is 0. The smallest absolute Gasteiger partial charge is 0.335 e. The summed E-state index contributed by atoms with van der Waals surface area (Å²) in [5.41, 5.74) is 2.49. The first-order valence-electron chi connectivity index (χ1n) is 6.91. The maximum Gasteiger partial charge on any atom is 0.335 e. The molecular formula is C14H19N3O4. The molecule has 1 fully saturated rings. The molecule has 1 aliphatic carbocycles. The van der Waals surface area contributed by atoms with Gasteiger partial charge in [-0.2, -0.15) is 5.10 Å². The van der Waals surface area contributed by atoms with Gasteiger partial charge in [-0.1, -0.05) is 19.3 Å². The van der Waals surface area contributed by atoms with Crippen molar-refractivity contribution in [1.82, 2.24) is 10.7 Å². The number of rotatable bonds is 3. The predicted molar refractivity (Wildman–Crippen MR) is 77.6 cm³/mol. The largest absolute Gasteiger partial charge is 0.504 e. The fourth-order valence-electron chi connectivity index (χ4n) is 2.31. The van der Waals surface area contributed by atoms with Crippen molar-refractivity contribution < 1.29 is 20.1 Å². The zero-order chi connectivity index (χ0) is 15.2. The van der Waals surface area contributed by atoms with Crippen molar-refractivity contribution in [3.05, 3.63) is 17.7 Å². The molecule has 0 atom stereocenters. The molecular weight excluding hydrogens is 274 g/mol. The van der Waals surface area contributed by atoms with Crippen LogP contribution in [0, 0.1) is 0 Å². The minimum atomic E-state index is -0.620. The number of aromatic hydroxyl groups is 3. The maximum atomic E-state index is 11.6. The average molecular weight is 293 g/mol. The summed E-state index contributed by atoms with van der Waals surface area (Å²) in [5.74, 6) is -1.54. The van der Waals surface area contributed by atoms with Crippen molar-refractivity contribution >= 4 is 12.2 Å². The summed E-state index contributed by atoms with van der Waals surface area (Å²) in [5, 5.41) is 34.6. The first kappa shape index (κ1) is 15.0. The second kappa shape index (κ2) is 6.83. The Bertz CT molecular complexity index is 539. The highest BCUT2D eigenvalue weighted by molar-refractivity contribution is 5.86. The molecule has 0 spiro atoms. The molecule has 1 aromatic carbocycles. The predicted octanol–water partition coefficient (Wildman–Crippen LogP) is 1.77. The van der Waals surface area contributed by atoms with Crippen molar-refractivity contribution in [2.45, 2.75) is 38.1 Å². The number of carbonyl (C=O) groups excluding carboxylic acids is 1. The lowest BCUT2D eigenvalue weighted by Crippen LogP contribution is -2.41. The fraction of sp³-hybridized carbons (Fsp3) is 0.429. The van der Waals surface area contributed by atoms with Gasteiger partial charge < -0.3 is 20.6 Å². The second-order valence-corrected chi connectivity index (χ2v) is 5.05. The molecule has 0 bridgehead atoms. The van der Waals surface area contributed by atoms with Crippen LogP contribution in [0.15, 0.2) is 17.2 Å². The van der Waals surface area contributed by atoms with Crippen molar-refractivity contribution in [2.24, 2.45) is 5.10 Å². The second-order valence-electron chi connectivity index (χ2n) is 5.05. The number of nitrogens with zero attached hydrogens (tertiary/aromatic N) is 1. The van der Waals surface area contributed by atoms with Crippen LogP contribution in [0.4, 0.5) is 4.79 Å². The Kier molecular flexibility index (Phi) is 4.86. The number of urea groups is 1. The summed E-state index contributed by atoms with van der Waals surface area (Å²) in [6.45, 7) is 0. The molecule has 1 saturated carbocycles. The van der Waals surface area contributed by atoms with E-state index in [-0.39, 0.29) is 11.6 Å². The van der Waals surface area contributed by atoms with Crippen LogP contribution in [0.5, 0.6) is 17.2 Å². The molecule has 7 heteroatoms. The van der Waals surface area contributed by atoms with E-state index >= 15 is 0 Å². The van der Waals surface area contributed by atoms with E-state index in [4.69, 9.17) is 0 Å². The van der Waals surface area contributed by atoms with Crippen molar-refractivity contribution in [3.63, 3.8) is 0 Å². The Morgan fingerprint density at radius 1 is 1.14 bits per heavy atom. The van der Waals surface area contributed by atoms with Gasteiger partial charge in [0.15, 0.2) is 11.5 Å². The molecule has 2 amide bonds. The number of hydrazone groups is 1. The van der Waals surface area contributed by atoms with Gasteiger partial charge in [0.1, 0.15) is 0 Å². The number of hydrogen-bond donors (Lipinski definition) is 5. The Morgan fingerprint density at radius 2 is 1.86 bits per heavy atom. The van der Waals surface area contributed by atoms with Crippen LogP contribution in [-0.2, 0) is 0 Å². The summed E-state index contributed by atoms with van der Waals surface area (Å²) < 4.78 is 0. The molecule has 0 radical (unpaired) electrons. The Morgan fingerprint density at radius 3 is 2.57 bits per heavy atom. The molecule has 0 aromatic heterocycles. The number of nitrogens with one attached hydrogen (secondary N) is 2. The van der Waals surface area contributed by atoms with Gasteiger partial charge in [-0.3, -0.25) is 0 Å². The first-order valence-corrected chi connectivity index (χ1v) is 6.91. The normalized spacial score (nSPS) is 16.0. The molecule has 0 saturated heterocycles. The first-order chi connectivity index (χ1) is 10.1. The van der Waals surface area contributed by atoms with Crippen molar-refractivity contribution in [2.75, 3.05) is 0 Å². The third-order valence-electron chi connectivity index (χ3n) is 3.47. The Hall–Kier alpha value is -2.44. The maximum absolute atomic E-state index is 11.6. The summed E-state index contributed by atoms with van der Waals surface area (Å²) in [6.07, 6.45) is 6.59. The molecule has 5 N–H and O–H groups in total. The van der Waals surface area contributed by atoms with Crippen molar-refractivity contribution in [1.29, 1.82) is 0 Å². The molecule has 0 heterocycles. The van der Waals surface area contributed by atoms with E-state index in [0.717, 1.165) is 25.7 Å². The number of benzene rings is 1. The average Bonchev–Trinajstić information content (AvgIpc) is 2.48. The number of phenolic OH excluding ortho intramolecular Hbond substituents is 3.